The molecule has 1 aromatic heterocycles. The molecule has 1 amide bonds. The van der Waals surface area contributed by atoms with E-state index in [-0.39, 0.29) is 5.56 Å². The number of aromatic nitrogens is 2. The molecule has 0 unspecified atom stereocenters. The van der Waals surface area contributed by atoms with Gasteiger partial charge in [-0.05, 0) is 36.1 Å². The lowest BCUT2D eigenvalue weighted by Gasteiger charge is -2.14. The number of rotatable bonds is 6. The van der Waals surface area contributed by atoms with Gasteiger partial charge >= 0.3 is 0 Å². The Kier molecular flexibility index (Phi) is 5.93. The molecule has 1 heterocycles. The molecule has 7 heteroatoms. The predicted molar refractivity (Wildman–Crippen MR) is 105 cm³/mol. The van der Waals surface area contributed by atoms with E-state index in [0.717, 1.165) is 41.8 Å². The first-order valence-corrected chi connectivity index (χ1v) is 8.98. The number of benzene rings is 2. The van der Waals surface area contributed by atoms with Crippen molar-refractivity contribution in [3.8, 4) is 0 Å². The quantitative estimate of drug-likeness (QED) is 0.638. The van der Waals surface area contributed by atoms with Gasteiger partial charge in [0.15, 0.2) is 0 Å². The molecule has 2 N–H and O–H groups in total. The Morgan fingerprint density at radius 1 is 0.893 bits per heavy atom. The monoisotopic (exact) mass is 382 g/mol. The third-order valence-electron chi connectivity index (χ3n) is 4.35. The van der Waals surface area contributed by atoms with Crippen LogP contribution in [0, 0.1) is 11.6 Å². The van der Waals surface area contributed by atoms with E-state index < -0.39 is 23.2 Å². The van der Waals surface area contributed by atoms with Crippen molar-refractivity contribution < 1.29 is 13.6 Å². The van der Waals surface area contributed by atoms with Crippen molar-refractivity contribution in [2.75, 3.05) is 10.6 Å². The van der Waals surface area contributed by atoms with E-state index in [9.17, 15) is 13.6 Å². The molecule has 0 aliphatic rings. The van der Waals surface area contributed by atoms with Gasteiger partial charge in [-0.3, -0.25) is 4.79 Å². The van der Waals surface area contributed by atoms with E-state index in [1.165, 1.54) is 18.5 Å². The highest BCUT2D eigenvalue weighted by Crippen LogP contribution is 2.25. The fourth-order valence-corrected chi connectivity index (χ4v) is 2.83. The Balaban J connectivity index is 1.78. The highest BCUT2D eigenvalue weighted by Gasteiger charge is 2.14. The van der Waals surface area contributed by atoms with Crippen LogP contribution in [0.25, 0.3) is 0 Å². The summed E-state index contributed by atoms with van der Waals surface area (Å²) in [6.45, 7) is 4.13. The van der Waals surface area contributed by atoms with Gasteiger partial charge in [0.25, 0.3) is 5.91 Å². The van der Waals surface area contributed by atoms with Gasteiger partial charge in [0.05, 0.1) is 5.56 Å². The molecule has 0 saturated heterocycles. The molecule has 3 aromatic rings. The van der Waals surface area contributed by atoms with E-state index in [1.54, 1.807) is 0 Å². The van der Waals surface area contributed by atoms with Crippen molar-refractivity contribution >= 4 is 23.2 Å². The van der Waals surface area contributed by atoms with Crippen LogP contribution < -0.4 is 10.6 Å². The number of hydrogen-bond acceptors (Lipinski definition) is 4. The predicted octanol–water partition coefficient (Wildman–Crippen LogP) is 4.88. The number of nitrogens with zero attached hydrogens (tertiary/aromatic N) is 2. The Hall–Kier alpha value is -3.35. The molecule has 5 nitrogen and oxygen atoms in total. The number of amides is 1. The standard InChI is InChI=1S/C21H20F2N4O/c1-3-13-7-5-8-14(4-2)18(13)27-21-24-11-15(12-25-21)20(28)26-19-16(22)9-6-10-17(19)23/h5-12H,3-4H2,1-2H3,(H,26,28)(H,24,25,27). The summed E-state index contributed by atoms with van der Waals surface area (Å²) in [4.78, 5) is 20.6. The van der Waals surface area contributed by atoms with Gasteiger partial charge in [0, 0.05) is 18.1 Å². The lowest BCUT2D eigenvalue weighted by atomic mass is 10.0. The molecule has 3 rings (SSSR count). The third-order valence-corrected chi connectivity index (χ3v) is 4.35. The first-order valence-electron chi connectivity index (χ1n) is 8.98. The van der Waals surface area contributed by atoms with Crippen LogP contribution in [0.5, 0.6) is 0 Å². The maximum Gasteiger partial charge on any atom is 0.258 e. The van der Waals surface area contributed by atoms with Crippen LogP contribution in [-0.4, -0.2) is 15.9 Å². The maximum absolute atomic E-state index is 13.7. The highest BCUT2D eigenvalue weighted by molar-refractivity contribution is 6.04. The second kappa shape index (κ2) is 8.56. The summed E-state index contributed by atoms with van der Waals surface area (Å²) in [7, 11) is 0. The molecule has 0 saturated carbocycles. The number of anilines is 3. The summed E-state index contributed by atoms with van der Waals surface area (Å²) in [6, 6.07) is 9.44. The largest absolute Gasteiger partial charge is 0.324 e. The molecular formula is C21H20F2N4O. The molecular weight excluding hydrogens is 362 g/mol. The zero-order valence-electron chi connectivity index (χ0n) is 15.6. The van der Waals surface area contributed by atoms with Gasteiger partial charge < -0.3 is 10.6 Å². The number of halogens is 2. The molecule has 0 radical (unpaired) electrons. The number of aryl methyl sites for hydroxylation is 2. The van der Waals surface area contributed by atoms with E-state index in [0.29, 0.717) is 5.95 Å². The average molecular weight is 382 g/mol. The molecule has 28 heavy (non-hydrogen) atoms. The fourth-order valence-electron chi connectivity index (χ4n) is 2.83. The first kappa shape index (κ1) is 19.4. The molecule has 2 aromatic carbocycles. The SMILES string of the molecule is CCc1cccc(CC)c1Nc1ncc(C(=O)Nc2c(F)cccc2F)cn1. The summed E-state index contributed by atoms with van der Waals surface area (Å²) in [5.41, 5.74) is 2.82. The fraction of sp³-hybridized carbons (Fsp3) is 0.190. The lowest BCUT2D eigenvalue weighted by Crippen LogP contribution is -2.15. The number of carbonyl (C=O) groups is 1. The third kappa shape index (κ3) is 4.14. The minimum Gasteiger partial charge on any atom is -0.324 e. The zero-order valence-corrected chi connectivity index (χ0v) is 15.6. The smallest absolute Gasteiger partial charge is 0.258 e. The average Bonchev–Trinajstić information content (AvgIpc) is 2.71. The van der Waals surface area contributed by atoms with E-state index in [2.05, 4.69) is 34.4 Å². The molecule has 0 bridgehead atoms. The highest BCUT2D eigenvalue weighted by atomic mass is 19.1. The normalized spacial score (nSPS) is 10.6. The number of nitrogens with one attached hydrogen (secondary N) is 2. The summed E-state index contributed by atoms with van der Waals surface area (Å²) in [5.74, 6) is -2.06. The van der Waals surface area contributed by atoms with Crippen molar-refractivity contribution in [2.24, 2.45) is 0 Å². The van der Waals surface area contributed by atoms with Crippen LogP contribution in [0.2, 0.25) is 0 Å². The minimum absolute atomic E-state index is 0.0905. The molecule has 0 atom stereocenters. The van der Waals surface area contributed by atoms with Crippen LogP contribution in [0.4, 0.5) is 26.1 Å². The Bertz CT molecular complexity index is 948. The Morgan fingerprint density at radius 2 is 1.43 bits per heavy atom. The van der Waals surface area contributed by atoms with Gasteiger partial charge in [-0.25, -0.2) is 18.7 Å². The van der Waals surface area contributed by atoms with Crippen LogP contribution in [0.3, 0.4) is 0 Å². The second-order valence-electron chi connectivity index (χ2n) is 6.13. The number of hydrogen-bond donors (Lipinski definition) is 2. The lowest BCUT2D eigenvalue weighted by molar-refractivity contribution is 0.102. The van der Waals surface area contributed by atoms with Crippen LogP contribution >= 0.6 is 0 Å². The van der Waals surface area contributed by atoms with Crippen molar-refractivity contribution in [1.29, 1.82) is 0 Å². The summed E-state index contributed by atoms with van der Waals surface area (Å²) < 4.78 is 27.4. The Labute approximate surface area is 161 Å². The van der Waals surface area contributed by atoms with Crippen molar-refractivity contribution in [2.45, 2.75) is 26.7 Å². The van der Waals surface area contributed by atoms with Gasteiger partial charge in [-0.2, -0.15) is 0 Å². The van der Waals surface area contributed by atoms with Gasteiger partial charge in [-0.15, -0.1) is 0 Å². The van der Waals surface area contributed by atoms with Crippen LogP contribution in [-0.2, 0) is 12.8 Å². The van der Waals surface area contributed by atoms with E-state index in [1.807, 2.05) is 18.2 Å². The summed E-state index contributed by atoms with van der Waals surface area (Å²) >= 11 is 0. The van der Waals surface area contributed by atoms with Crippen LogP contribution in [0.1, 0.15) is 35.3 Å². The van der Waals surface area contributed by atoms with Crippen molar-refractivity contribution in [3.05, 3.63) is 77.1 Å². The Morgan fingerprint density at radius 3 is 1.96 bits per heavy atom. The molecule has 0 fully saturated rings. The summed E-state index contributed by atoms with van der Waals surface area (Å²) in [6.07, 6.45) is 4.32. The second-order valence-corrected chi connectivity index (χ2v) is 6.13. The van der Waals surface area contributed by atoms with E-state index >= 15 is 0 Å². The van der Waals surface area contributed by atoms with Gasteiger partial charge in [0.2, 0.25) is 5.95 Å². The molecule has 0 aliphatic carbocycles. The van der Waals surface area contributed by atoms with Crippen LogP contribution in [0.15, 0.2) is 48.8 Å². The zero-order chi connectivity index (χ0) is 20.1. The summed E-state index contributed by atoms with van der Waals surface area (Å²) in [5, 5.41) is 5.41. The number of carbonyl (C=O) groups excluding carboxylic acids is 1. The maximum atomic E-state index is 13.7. The van der Waals surface area contributed by atoms with Crippen molar-refractivity contribution in [3.63, 3.8) is 0 Å². The molecule has 0 spiro atoms. The molecule has 144 valence electrons. The minimum atomic E-state index is -0.851. The van der Waals surface area contributed by atoms with Crippen molar-refractivity contribution in [1.82, 2.24) is 9.97 Å². The first-order chi connectivity index (χ1) is 13.5. The topological polar surface area (TPSA) is 66.9 Å². The molecule has 0 aliphatic heterocycles. The van der Waals surface area contributed by atoms with Gasteiger partial charge in [0.1, 0.15) is 17.3 Å². The van der Waals surface area contributed by atoms with E-state index in [4.69, 9.17) is 0 Å². The van der Waals surface area contributed by atoms with Gasteiger partial charge in [-0.1, -0.05) is 38.1 Å². The number of para-hydroxylation sites is 2.